The first kappa shape index (κ1) is 37.5. The molecule has 0 bridgehead atoms. The molecule has 48 heavy (non-hydrogen) atoms. The molecule has 258 valence electrons. The fourth-order valence-electron chi connectivity index (χ4n) is 5.24. The van der Waals surface area contributed by atoms with Crippen molar-refractivity contribution < 1.29 is 19.4 Å². The monoisotopic (exact) mass is 658 g/mol. The number of carbonyl (C=O) groups is 2. The van der Waals surface area contributed by atoms with Gasteiger partial charge >= 0.3 is 0 Å². The predicted molar refractivity (Wildman–Crippen MR) is 192 cm³/mol. The molecule has 1 aliphatic heterocycles. The number of phenols is 1. The summed E-state index contributed by atoms with van der Waals surface area (Å²) in [5, 5.41) is 15.9. The second kappa shape index (κ2) is 19.0. The van der Waals surface area contributed by atoms with Crippen LogP contribution >= 0.6 is 0 Å². The average molecular weight is 659 g/mol. The van der Waals surface area contributed by atoms with E-state index in [0.717, 1.165) is 40.8 Å². The Balaban J connectivity index is 1.90. The Hall–Kier alpha value is -4.94. The summed E-state index contributed by atoms with van der Waals surface area (Å²) in [4.78, 5) is 36.2. The highest BCUT2D eigenvalue weighted by Gasteiger charge is 2.28. The fourth-order valence-corrected chi connectivity index (χ4v) is 5.24. The number of hydrogen-bond donors (Lipinski definition) is 7. The third kappa shape index (κ3) is 12.0. The first-order valence-corrected chi connectivity index (χ1v) is 16.2. The summed E-state index contributed by atoms with van der Waals surface area (Å²) in [7, 11) is 0. The van der Waals surface area contributed by atoms with Gasteiger partial charge in [0.05, 0.1) is 6.61 Å². The Kier molecular flexibility index (Phi) is 14.9. The first-order chi connectivity index (χ1) is 23.0. The van der Waals surface area contributed by atoms with Crippen molar-refractivity contribution in [3.8, 4) is 5.75 Å². The lowest BCUT2D eigenvalue weighted by atomic mass is 10.0. The summed E-state index contributed by atoms with van der Waals surface area (Å²) in [6.45, 7) is 8.77. The van der Waals surface area contributed by atoms with Crippen LogP contribution in [0.25, 0.3) is 6.08 Å². The van der Waals surface area contributed by atoms with Crippen molar-refractivity contribution in [2.45, 2.75) is 70.5 Å². The molecule has 0 aromatic heterocycles. The molecule has 11 N–H and O–H groups in total. The van der Waals surface area contributed by atoms with Crippen LogP contribution in [0.15, 0.2) is 82.5 Å². The quantitative estimate of drug-likeness (QED) is 0.0579. The maximum atomic E-state index is 14.0. The zero-order valence-electron chi connectivity index (χ0n) is 28.0. The number of unbranched alkanes of at least 4 members (excludes halogenated alkanes) is 1. The van der Waals surface area contributed by atoms with E-state index in [4.69, 9.17) is 32.7 Å². The highest BCUT2D eigenvalue weighted by molar-refractivity contribution is 5.95. The van der Waals surface area contributed by atoms with E-state index < -0.39 is 29.9 Å². The minimum Gasteiger partial charge on any atom is -0.508 e. The van der Waals surface area contributed by atoms with Crippen LogP contribution in [0.2, 0.25) is 0 Å². The molecule has 3 rings (SSSR count). The number of rotatable bonds is 17. The lowest BCUT2D eigenvalue weighted by Gasteiger charge is -2.24. The summed E-state index contributed by atoms with van der Waals surface area (Å²) < 4.78 is 6.08. The summed E-state index contributed by atoms with van der Waals surface area (Å²) in [5.74, 6) is -0.601. The molecular formula is C36H50N8O4. The SMILES string of the molecule is C=C(CCN=C(N)N)[C@@H](N)C(=O)N[C@@H](/C=C/c1c(C)cc(O)cc1C)C(=O)N[C@@H](CCCCN)C1=NC(Cc2ccccc2)=CCCO1. The number of aryl methyl sites for hydroxylation is 2. The van der Waals surface area contributed by atoms with E-state index in [2.05, 4.69) is 22.2 Å². The number of nitrogens with zero attached hydrogens (tertiary/aromatic N) is 2. The maximum Gasteiger partial charge on any atom is 0.247 e. The molecule has 0 aliphatic carbocycles. The zero-order valence-corrected chi connectivity index (χ0v) is 28.0. The summed E-state index contributed by atoms with van der Waals surface area (Å²) in [6.07, 6.45) is 8.98. The Labute approximate surface area is 283 Å². The normalized spacial score (nSPS) is 14.8. The van der Waals surface area contributed by atoms with E-state index in [1.165, 1.54) is 0 Å². The molecule has 2 aromatic carbocycles. The Morgan fingerprint density at radius 1 is 1.10 bits per heavy atom. The van der Waals surface area contributed by atoms with Gasteiger partial charge in [0, 0.05) is 25.1 Å². The van der Waals surface area contributed by atoms with E-state index in [9.17, 15) is 14.7 Å². The van der Waals surface area contributed by atoms with Gasteiger partial charge in [-0.05, 0) is 86.0 Å². The number of carbonyl (C=O) groups excluding carboxylic acids is 2. The average Bonchev–Trinajstić information content (AvgIpc) is 3.28. The fraction of sp³-hybridized carbons (Fsp3) is 0.389. The third-order valence-corrected chi connectivity index (χ3v) is 7.85. The number of ether oxygens (including phenoxy) is 1. The van der Waals surface area contributed by atoms with Crippen LogP contribution in [0.4, 0.5) is 0 Å². The number of amides is 2. The van der Waals surface area contributed by atoms with Crippen molar-refractivity contribution >= 4 is 29.7 Å². The van der Waals surface area contributed by atoms with Crippen LogP contribution in [-0.2, 0) is 20.7 Å². The maximum absolute atomic E-state index is 14.0. The second-order valence-electron chi connectivity index (χ2n) is 11.8. The van der Waals surface area contributed by atoms with Gasteiger partial charge in [-0.3, -0.25) is 14.6 Å². The van der Waals surface area contributed by atoms with Crippen molar-refractivity contribution in [1.82, 2.24) is 10.6 Å². The van der Waals surface area contributed by atoms with Crippen molar-refractivity contribution in [3.05, 3.63) is 94.7 Å². The van der Waals surface area contributed by atoms with Crippen molar-refractivity contribution in [1.29, 1.82) is 0 Å². The first-order valence-electron chi connectivity index (χ1n) is 16.2. The van der Waals surface area contributed by atoms with Gasteiger partial charge in [0.15, 0.2) is 5.96 Å². The van der Waals surface area contributed by atoms with Crippen LogP contribution in [0.1, 0.15) is 54.4 Å². The van der Waals surface area contributed by atoms with Gasteiger partial charge in [0.1, 0.15) is 23.9 Å². The lowest BCUT2D eigenvalue weighted by Crippen LogP contribution is -2.54. The number of nitrogens with two attached hydrogens (primary N) is 4. The van der Waals surface area contributed by atoms with Crippen LogP contribution in [0.3, 0.4) is 0 Å². The number of phenolic OH excluding ortho intramolecular Hbond substituents is 1. The van der Waals surface area contributed by atoms with E-state index in [0.29, 0.717) is 43.9 Å². The molecule has 1 aliphatic rings. The van der Waals surface area contributed by atoms with E-state index >= 15 is 0 Å². The standard InChI is InChI=1S/C36H50N8O4/c1-23(16-18-41-36(39)40)32(38)34(47)43-30(15-14-29-24(2)20-28(45)21-25(29)3)33(46)44-31(13-7-8-17-37)35-42-27(12-9-19-48-35)22-26-10-5-4-6-11-26/h4-6,10-12,14-15,20-21,30-32,45H,1,7-9,13,16-19,22,37-38H2,2-3H3,(H,43,47)(H,44,46)(H4,39,40,41)/b15-14+/t30-,31-,32+/m0/s1. The molecule has 12 heteroatoms. The molecule has 1 heterocycles. The molecule has 0 radical (unpaired) electrons. The smallest absolute Gasteiger partial charge is 0.247 e. The zero-order chi connectivity index (χ0) is 35.1. The van der Waals surface area contributed by atoms with Gasteiger partial charge in [-0.15, -0.1) is 0 Å². The molecule has 12 nitrogen and oxygen atoms in total. The molecule has 0 saturated heterocycles. The van der Waals surface area contributed by atoms with Crippen molar-refractivity contribution in [3.63, 3.8) is 0 Å². The van der Waals surface area contributed by atoms with Crippen molar-refractivity contribution in [2.75, 3.05) is 19.7 Å². The second-order valence-corrected chi connectivity index (χ2v) is 11.8. The minimum absolute atomic E-state index is 0.0755. The van der Waals surface area contributed by atoms with Crippen LogP contribution in [0, 0.1) is 13.8 Å². The van der Waals surface area contributed by atoms with Gasteiger partial charge in [-0.25, -0.2) is 4.99 Å². The van der Waals surface area contributed by atoms with Crippen LogP contribution in [-0.4, -0.2) is 66.6 Å². The number of allylic oxidation sites excluding steroid dienone is 1. The predicted octanol–water partition coefficient (Wildman–Crippen LogP) is 2.61. The van der Waals surface area contributed by atoms with Gasteiger partial charge in [0.25, 0.3) is 0 Å². The number of guanidine groups is 1. The van der Waals surface area contributed by atoms with Gasteiger partial charge < -0.3 is 43.4 Å². The Morgan fingerprint density at radius 2 is 1.81 bits per heavy atom. The molecular weight excluding hydrogens is 608 g/mol. The lowest BCUT2D eigenvalue weighted by molar-refractivity contribution is -0.128. The molecule has 0 saturated carbocycles. The number of hydrogen-bond acceptors (Lipinski definition) is 8. The number of aliphatic imine (C=N–C) groups is 2. The summed E-state index contributed by atoms with van der Waals surface area (Å²) in [5.41, 5.74) is 27.6. The third-order valence-electron chi connectivity index (χ3n) is 7.85. The number of aromatic hydroxyl groups is 1. The number of benzene rings is 2. The molecule has 3 atom stereocenters. The van der Waals surface area contributed by atoms with Crippen LogP contribution in [0.5, 0.6) is 5.75 Å². The number of nitrogens with one attached hydrogen (secondary N) is 2. The van der Waals surface area contributed by atoms with E-state index in [1.807, 2.05) is 50.3 Å². The summed E-state index contributed by atoms with van der Waals surface area (Å²) in [6, 6.07) is 10.5. The topological polar surface area (TPSA) is 216 Å². The van der Waals surface area contributed by atoms with Gasteiger partial charge in [0.2, 0.25) is 17.7 Å². The minimum atomic E-state index is -1.12. The highest BCUT2D eigenvalue weighted by Crippen LogP contribution is 2.22. The molecule has 0 spiro atoms. The summed E-state index contributed by atoms with van der Waals surface area (Å²) >= 11 is 0. The molecule has 2 aromatic rings. The molecule has 0 fully saturated rings. The van der Waals surface area contributed by atoms with E-state index in [1.54, 1.807) is 24.3 Å². The Morgan fingerprint density at radius 3 is 2.48 bits per heavy atom. The van der Waals surface area contributed by atoms with Gasteiger partial charge in [-0.1, -0.05) is 55.1 Å². The van der Waals surface area contributed by atoms with Gasteiger partial charge in [-0.2, -0.15) is 0 Å². The largest absolute Gasteiger partial charge is 0.508 e. The van der Waals surface area contributed by atoms with E-state index in [-0.39, 0.29) is 24.7 Å². The highest BCUT2D eigenvalue weighted by atomic mass is 16.5. The molecule has 2 amide bonds. The molecule has 0 unspecified atom stereocenters. The Bertz CT molecular complexity index is 1510. The van der Waals surface area contributed by atoms with Crippen molar-refractivity contribution in [2.24, 2.45) is 32.9 Å². The van der Waals surface area contributed by atoms with Crippen LogP contribution < -0.4 is 33.6 Å².